The van der Waals surface area contributed by atoms with Gasteiger partial charge in [-0.2, -0.15) is 0 Å². The van der Waals surface area contributed by atoms with Crippen molar-refractivity contribution in [2.75, 3.05) is 5.75 Å². The molecule has 1 atom stereocenters. The van der Waals surface area contributed by atoms with E-state index in [-0.39, 0.29) is 6.10 Å². The molecule has 1 aliphatic heterocycles. The topological polar surface area (TPSA) is 22.1 Å². The van der Waals surface area contributed by atoms with Crippen molar-refractivity contribution >= 4 is 23.1 Å². The zero-order valence-corrected chi connectivity index (χ0v) is 10.5. The van der Waals surface area contributed by atoms with Gasteiger partial charge in [0.25, 0.3) is 0 Å². The van der Waals surface area contributed by atoms with Gasteiger partial charge in [0.05, 0.1) is 0 Å². The molecule has 3 rings (SSSR count). The van der Waals surface area contributed by atoms with Gasteiger partial charge in [-0.05, 0) is 19.1 Å². The summed E-state index contributed by atoms with van der Waals surface area (Å²) in [6.45, 7) is 2.02. The molecule has 0 spiro atoms. The number of benzene rings is 1. The van der Waals surface area contributed by atoms with Crippen LogP contribution in [0.15, 0.2) is 34.5 Å². The van der Waals surface area contributed by atoms with Crippen molar-refractivity contribution in [1.29, 1.82) is 0 Å². The summed E-state index contributed by atoms with van der Waals surface area (Å²) in [5.74, 6) is 1.93. The van der Waals surface area contributed by atoms with Crippen LogP contribution in [0.4, 0.5) is 0 Å². The summed E-state index contributed by atoms with van der Waals surface area (Å²) in [5, 5.41) is 3.16. The number of ether oxygens (including phenoxy) is 1. The minimum atomic E-state index is 0.110. The quantitative estimate of drug-likeness (QED) is 0.769. The lowest BCUT2D eigenvalue weighted by molar-refractivity contribution is 0.220. The van der Waals surface area contributed by atoms with Gasteiger partial charge in [0.15, 0.2) is 6.10 Å². The van der Waals surface area contributed by atoms with E-state index in [1.807, 2.05) is 36.9 Å². The molecule has 4 heteroatoms. The number of fused-ring (bicyclic) bond motifs is 1. The molecule has 1 unspecified atom stereocenters. The molecule has 0 aliphatic carbocycles. The van der Waals surface area contributed by atoms with Gasteiger partial charge < -0.3 is 4.74 Å². The molecule has 1 aliphatic rings. The maximum absolute atomic E-state index is 5.96. The number of hydrogen-bond acceptors (Lipinski definition) is 4. The Labute approximate surface area is 103 Å². The Morgan fingerprint density at radius 1 is 1.38 bits per heavy atom. The first-order valence-corrected chi connectivity index (χ1v) is 7.00. The number of aromatic nitrogens is 1. The molecule has 2 nitrogen and oxygen atoms in total. The fourth-order valence-corrected chi connectivity index (χ4v) is 3.58. The average Bonchev–Trinajstić information content (AvgIpc) is 2.75. The summed E-state index contributed by atoms with van der Waals surface area (Å²) >= 11 is 3.52. The van der Waals surface area contributed by atoms with Crippen LogP contribution in [0.2, 0.25) is 0 Å². The van der Waals surface area contributed by atoms with Crippen LogP contribution >= 0.6 is 23.1 Å². The highest BCUT2D eigenvalue weighted by Crippen LogP contribution is 2.40. The normalized spacial score (nSPS) is 18.9. The van der Waals surface area contributed by atoms with Gasteiger partial charge in [-0.25, -0.2) is 4.98 Å². The van der Waals surface area contributed by atoms with E-state index in [0.29, 0.717) is 0 Å². The summed E-state index contributed by atoms with van der Waals surface area (Å²) < 4.78 is 5.96. The number of thiazole rings is 1. The zero-order chi connectivity index (χ0) is 11.0. The van der Waals surface area contributed by atoms with Gasteiger partial charge >= 0.3 is 0 Å². The summed E-state index contributed by atoms with van der Waals surface area (Å²) in [5.41, 5.74) is 1.08. The third-order valence-corrected chi connectivity index (χ3v) is 4.59. The van der Waals surface area contributed by atoms with Crippen LogP contribution in [0.1, 0.15) is 16.8 Å². The Balaban J connectivity index is 1.88. The van der Waals surface area contributed by atoms with Crippen molar-refractivity contribution < 1.29 is 4.74 Å². The first-order chi connectivity index (χ1) is 7.83. The van der Waals surface area contributed by atoms with E-state index < -0.39 is 0 Å². The Morgan fingerprint density at radius 3 is 3.06 bits per heavy atom. The van der Waals surface area contributed by atoms with Crippen molar-refractivity contribution in [3.05, 3.63) is 40.3 Å². The molecular formula is C12H11NOS2. The summed E-state index contributed by atoms with van der Waals surface area (Å²) in [7, 11) is 0. The van der Waals surface area contributed by atoms with Crippen LogP contribution in [0.25, 0.3) is 0 Å². The number of para-hydroxylation sites is 1. The van der Waals surface area contributed by atoms with Crippen molar-refractivity contribution in [3.8, 4) is 5.75 Å². The van der Waals surface area contributed by atoms with Crippen LogP contribution in [0.3, 0.4) is 0 Å². The highest BCUT2D eigenvalue weighted by Gasteiger charge is 2.23. The fourth-order valence-electron chi connectivity index (χ4n) is 1.66. The minimum absolute atomic E-state index is 0.110. The first-order valence-electron chi connectivity index (χ1n) is 5.13. The fraction of sp³-hybridized carbons (Fsp3) is 0.250. The molecule has 0 saturated heterocycles. The number of hydrogen-bond donors (Lipinski definition) is 0. The zero-order valence-electron chi connectivity index (χ0n) is 8.84. The third kappa shape index (κ3) is 1.83. The lowest BCUT2D eigenvalue weighted by Gasteiger charge is -2.23. The number of aryl methyl sites for hydroxylation is 1. The molecule has 0 radical (unpaired) electrons. The monoisotopic (exact) mass is 249 g/mol. The van der Waals surface area contributed by atoms with Gasteiger partial charge in [-0.1, -0.05) is 12.1 Å². The maximum Gasteiger partial charge on any atom is 0.159 e. The lowest BCUT2D eigenvalue weighted by atomic mass is 10.3. The highest BCUT2D eigenvalue weighted by molar-refractivity contribution is 7.99. The second kappa shape index (κ2) is 4.11. The van der Waals surface area contributed by atoms with Crippen molar-refractivity contribution in [2.45, 2.75) is 17.9 Å². The van der Waals surface area contributed by atoms with Gasteiger partial charge in [-0.15, -0.1) is 23.1 Å². The van der Waals surface area contributed by atoms with Gasteiger partial charge in [0, 0.05) is 21.7 Å². The Bertz CT molecular complexity index is 509. The average molecular weight is 249 g/mol. The largest absolute Gasteiger partial charge is 0.481 e. The molecule has 82 valence electrons. The van der Waals surface area contributed by atoms with Crippen LogP contribution in [-0.2, 0) is 0 Å². The summed E-state index contributed by atoms with van der Waals surface area (Å²) in [6, 6.07) is 8.18. The van der Waals surface area contributed by atoms with Crippen molar-refractivity contribution in [2.24, 2.45) is 0 Å². The Morgan fingerprint density at radius 2 is 2.25 bits per heavy atom. The number of nitrogens with zero attached hydrogens (tertiary/aromatic N) is 1. The lowest BCUT2D eigenvalue weighted by Crippen LogP contribution is -2.14. The molecule has 0 amide bonds. The molecule has 0 saturated carbocycles. The molecular weight excluding hydrogens is 238 g/mol. The van der Waals surface area contributed by atoms with Crippen LogP contribution in [0, 0.1) is 6.92 Å². The summed E-state index contributed by atoms with van der Waals surface area (Å²) in [4.78, 5) is 5.72. The molecule has 2 heterocycles. The van der Waals surface area contributed by atoms with Gasteiger partial charge in [0.2, 0.25) is 0 Å². The Kier molecular flexibility index (Phi) is 2.61. The standard InChI is InChI=1S/C12H11NOS2/c1-8-6-16-12(13-8)10-7-15-11-5-3-2-4-9(11)14-10/h2-6,10H,7H2,1H3. The molecule has 0 fully saturated rings. The predicted molar refractivity (Wildman–Crippen MR) is 67.4 cm³/mol. The number of rotatable bonds is 1. The van der Waals surface area contributed by atoms with Crippen molar-refractivity contribution in [1.82, 2.24) is 4.98 Å². The molecule has 16 heavy (non-hydrogen) atoms. The van der Waals surface area contributed by atoms with Crippen LogP contribution < -0.4 is 4.74 Å². The molecule has 1 aromatic carbocycles. The smallest absolute Gasteiger partial charge is 0.159 e. The molecule has 0 N–H and O–H groups in total. The number of thioether (sulfide) groups is 1. The molecule has 1 aromatic heterocycles. The SMILES string of the molecule is Cc1csc(C2CSc3ccccc3O2)n1. The third-order valence-electron chi connectivity index (χ3n) is 2.42. The molecule has 0 bridgehead atoms. The maximum atomic E-state index is 5.96. The Hall–Kier alpha value is -1.00. The summed E-state index contributed by atoms with van der Waals surface area (Å²) in [6.07, 6.45) is 0.110. The van der Waals surface area contributed by atoms with E-state index in [1.165, 1.54) is 4.90 Å². The van der Waals surface area contributed by atoms with E-state index in [0.717, 1.165) is 22.2 Å². The van der Waals surface area contributed by atoms with E-state index in [9.17, 15) is 0 Å². The first kappa shape index (κ1) is 10.2. The highest BCUT2D eigenvalue weighted by atomic mass is 32.2. The second-order valence-electron chi connectivity index (χ2n) is 3.69. The van der Waals surface area contributed by atoms with E-state index in [1.54, 1.807) is 11.3 Å². The van der Waals surface area contributed by atoms with E-state index in [2.05, 4.69) is 16.4 Å². The van der Waals surface area contributed by atoms with Crippen molar-refractivity contribution in [3.63, 3.8) is 0 Å². The van der Waals surface area contributed by atoms with Gasteiger partial charge in [-0.3, -0.25) is 0 Å². The minimum Gasteiger partial charge on any atom is -0.481 e. The van der Waals surface area contributed by atoms with Gasteiger partial charge in [0.1, 0.15) is 10.8 Å². The van der Waals surface area contributed by atoms with E-state index in [4.69, 9.17) is 4.74 Å². The van der Waals surface area contributed by atoms with Crippen LogP contribution in [0.5, 0.6) is 5.75 Å². The van der Waals surface area contributed by atoms with E-state index >= 15 is 0 Å². The predicted octanol–water partition coefficient (Wildman–Crippen LogP) is 3.68. The molecule has 2 aromatic rings. The second-order valence-corrected chi connectivity index (χ2v) is 5.64. The van der Waals surface area contributed by atoms with Crippen LogP contribution in [-0.4, -0.2) is 10.7 Å².